The van der Waals surface area contributed by atoms with Crippen LogP contribution >= 0.6 is 11.3 Å². The number of aromatic nitrogens is 2. The number of aryl methyl sites for hydroxylation is 1. The van der Waals surface area contributed by atoms with Crippen molar-refractivity contribution in [3.8, 4) is 0 Å². The van der Waals surface area contributed by atoms with Gasteiger partial charge in [0.25, 0.3) is 0 Å². The molecule has 0 aromatic carbocycles. The summed E-state index contributed by atoms with van der Waals surface area (Å²) in [4.78, 5) is 10.8. The van der Waals surface area contributed by atoms with Crippen molar-refractivity contribution in [2.75, 3.05) is 11.9 Å². The molecule has 0 spiro atoms. The summed E-state index contributed by atoms with van der Waals surface area (Å²) < 4.78 is 0. The minimum atomic E-state index is 0.00285. The number of aliphatic hydroxyl groups is 1. The molecule has 2 heterocycles. The number of nitrogens with zero attached hydrogens (tertiary/aromatic N) is 2. The Hall–Kier alpha value is -1.20. The Kier molecular flexibility index (Phi) is 3.36. The summed E-state index contributed by atoms with van der Waals surface area (Å²) in [6.45, 7) is 4.14. The van der Waals surface area contributed by atoms with E-state index in [2.05, 4.69) is 28.3 Å². The van der Waals surface area contributed by atoms with Crippen LogP contribution in [0.25, 0.3) is 10.2 Å². The maximum atomic E-state index is 9.02. The van der Waals surface area contributed by atoms with Gasteiger partial charge in [-0.1, -0.05) is 6.92 Å². The van der Waals surface area contributed by atoms with Gasteiger partial charge in [0, 0.05) is 10.9 Å². The van der Waals surface area contributed by atoms with Crippen LogP contribution in [0.1, 0.15) is 18.7 Å². The predicted octanol–water partition coefficient (Wildman–Crippen LogP) is 2.05. The van der Waals surface area contributed by atoms with Gasteiger partial charge in [0.2, 0.25) is 0 Å². The third kappa shape index (κ3) is 2.15. The Morgan fingerprint density at radius 3 is 3.00 bits per heavy atom. The van der Waals surface area contributed by atoms with Crippen LogP contribution < -0.4 is 5.32 Å². The third-order valence-corrected chi connectivity index (χ3v) is 3.57. The van der Waals surface area contributed by atoms with Crippen molar-refractivity contribution in [3.63, 3.8) is 0 Å². The van der Waals surface area contributed by atoms with Gasteiger partial charge < -0.3 is 10.4 Å². The van der Waals surface area contributed by atoms with Gasteiger partial charge in [-0.2, -0.15) is 0 Å². The summed E-state index contributed by atoms with van der Waals surface area (Å²) in [6.07, 6.45) is 2.57. The smallest absolute Gasteiger partial charge is 0.138 e. The first-order chi connectivity index (χ1) is 7.74. The van der Waals surface area contributed by atoms with Crippen molar-refractivity contribution in [1.29, 1.82) is 0 Å². The Morgan fingerprint density at radius 1 is 1.50 bits per heavy atom. The van der Waals surface area contributed by atoms with Crippen LogP contribution in [-0.2, 0) is 6.42 Å². The van der Waals surface area contributed by atoms with Crippen LogP contribution in [-0.4, -0.2) is 27.7 Å². The molecule has 2 N–H and O–H groups in total. The number of rotatable bonds is 4. The zero-order valence-electron chi connectivity index (χ0n) is 9.40. The summed E-state index contributed by atoms with van der Waals surface area (Å²) in [6, 6.07) is 2.12. The number of anilines is 1. The van der Waals surface area contributed by atoms with Crippen LogP contribution in [0.4, 0.5) is 5.82 Å². The molecule has 4 nitrogen and oxygen atoms in total. The molecule has 0 aliphatic rings. The Bertz CT molecular complexity index is 483. The first-order valence-electron chi connectivity index (χ1n) is 5.35. The normalized spacial score (nSPS) is 12.9. The first kappa shape index (κ1) is 11.3. The molecule has 0 amide bonds. The molecular formula is C11H15N3OS. The SMILES string of the molecule is CCc1cc2c(N[C@H](C)CO)ncnc2s1. The van der Waals surface area contributed by atoms with Crippen molar-refractivity contribution >= 4 is 27.4 Å². The molecule has 16 heavy (non-hydrogen) atoms. The Labute approximate surface area is 98.4 Å². The number of thiophene rings is 1. The average molecular weight is 237 g/mol. The van der Waals surface area contributed by atoms with E-state index >= 15 is 0 Å². The fraction of sp³-hybridized carbons (Fsp3) is 0.455. The second-order valence-corrected chi connectivity index (χ2v) is 4.85. The van der Waals surface area contributed by atoms with Crippen molar-refractivity contribution in [2.24, 2.45) is 0 Å². The van der Waals surface area contributed by atoms with Crippen LogP contribution in [0.5, 0.6) is 0 Å². The molecule has 2 rings (SSSR count). The van der Waals surface area contributed by atoms with E-state index in [1.54, 1.807) is 17.7 Å². The molecule has 1 atom stereocenters. The summed E-state index contributed by atoms with van der Waals surface area (Å²) in [5, 5.41) is 13.2. The van der Waals surface area contributed by atoms with E-state index in [9.17, 15) is 0 Å². The number of fused-ring (bicyclic) bond motifs is 1. The van der Waals surface area contributed by atoms with Crippen molar-refractivity contribution in [3.05, 3.63) is 17.3 Å². The third-order valence-electron chi connectivity index (χ3n) is 2.39. The van der Waals surface area contributed by atoms with Crippen LogP contribution in [0.2, 0.25) is 0 Å². The maximum Gasteiger partial charge on any atom is 0.138 e. The standard InChI is InChI=1S/C11H15N3OS/c1-3-8-4-9-10(14-7(2)5-15)12-6-13-11(9)16-8/h4,6-7,15H,3,5H2,1-2H3,(H,12,13,14)/t7-/m1/s1. The highest BCUT2D eigenvalue weighted by Gasteiger charge is 2.09. The highest BCUT2D eigenvalue weighted by molar-refractivity contribution is 7.18. The highest BCUT2D eigenvalue weighted by atomic mass is 32.1. The Balaban J connectivity index is 2.40. The van der Waals surface area contributed by atoms with Crippen molar-refractivity contribution in [1.82, 2.24) is 9.97 Å². The minimum absolute atomic E-state index is 0.00285. The molecule has 86 valence electrons. The molecule has 5 heteroatoms. The van der Waals surface area contributed by atoms with Gasteiger partial charge in [-0.15, -0.1) is 11.3 Å². The number of nitrogens with one attached hydrogen (secondary N) is 1. The van der Waals surface area contributed by atoms with Crippen LogP contribution in [0.15, 0.2) is 12.4 Å². The molecule has 0 saturated carbocycles. The van der Waals surface area contributed by atoms with Crippen molar-refractivity contribution in [2.45, 2.75) is 26.3 Å². The van der Waals surface area contributed by atoms with Gasteiger partial charge in [-0.05, 0) is 19.4 Å². The monoisotopic (exact) mass is 237 g/mol. The maximum absolute atomic E-state index is 9.02. The van der Waals surface area contributed by atoms with E-state index < -0.39 is 0 Å². The number of aliphatic hydroxyl groups excluding tert-OH is 1. The van der Waals surface area contributed by atoms with E-state index in [1.165, 1.54) is 4.88 Å². The van der Waals surface area contributed by atoms with E-state index in [0.717, 1.165) is 22.5 Å². The quantitative estimate of drug-likeness (QED) is 0.854. The second-order valence-electron chi connectivity index (χ2n) is 3.74. The molecule has 2 aromatic heterocycles. The fourth-order valence-corrected chi connectivity index (χ4v) is 2.41. The first-order valence-corrected chi connectivity index (χ1v) is 6.17. The zero-order chi connectivity index (χ0) is 11.5. The zero-order valence-corrected chi connectivity index (χ0v) is 10.2. The summed E-state index contributed by atoms with van der Waals surface area (Å²) >= 11 is 1.69. The summed E-state index contributed by atoms with van der Waals surface area (Å²) in [5.41, 5.74) is 0. The van der Waals surface area contributed by atoms with E-state index in [4.69, 9.17) is 5.11 Å². The molecule has 2 aromatic rings. The highest BCUT2D eigenvalue weighted by Crippen LogP contribution is 2.28. The van der Waals surface area contributed by atoms with Gasteiger partial charge in [-0.3, -0.25) is 0 Å². The molecule has 0 radical (unpaired) electrons. The molecule has 0 aliphatic heterocycles. The molecular weight excluding hydrogens is 222 g/mol. The number of hydrogen-bond acceptors (Lipinski definition) is 5. The molecule has 0 unspecified atom stereocenters. The van der Waals surface area contributed by atoms with Gasteiger partial charge in [0.15, 0.2) is 0 Å². The second kappa shape index (κ2) is 4.76. The summed E-state index contributed by atoms with van der Waals surface area (Å²) in [7, 11) is 0. The molecule has 0 fully saturated rings. The van der Waals surface area contributed by atoms with Crippen LogP contribution in [0, 0.1) is 0 Å². The average Bonchev–Trinajstić information content (AvgIpc) is 2.73. The lowest BCUT2D eigenvalue weighted by Gasteiger charge is -2.11. The van der Waals surface area contributed by atoms with Gasteiger partial charge in [0.1, 0.15) is 17.0 Å². The van der Waals surface area contributed by atoms with E-state index in [-0.39, 0.29) is 12.6 Å². The topological polar surface area (TPSA) is 58.0 Å². The van der Waals surface area contributed by atoms with E-state index in [0.29, 0.717) is 0 Å². The van der Waals surface area contributed by atoms with Gasteiger partial charge >= 0.3 is 0 Å². The molecule has 0 aliphatic carbocycles. The predicted molar refractivity (Wildman–Crippen MR) is 67.0 cm³/mol. The summed E-state index contributed by atoms with van der Waals surface area (Å²) in [5.74, 6) is 0.808. The Morgan fingerprint density at radius 2 is 2.31 bits per heavy atom. The van der Waals surface area contributed by atoms with Gasteiger partial charge in [0.05, 0.1) is 12.0 Å². The van der Waals surface area contributed by atoms with Crippen LogP contribution in [0.3, 0.4) is 0 Å². The van der Waals surface area contributed by atoms with E-state index in [1.807, 2.05) is 6.92 Å². The lowest BCUT2D eigenvalue weighted by atomic mass is 10.3. The van der Waals surface area contributed by atoms with Gasteiger partial charge in [-0.25, -0.2) is 9.97 Å². The number of hydrogen-bond donors (Lipinski definition) is 2. The lowest BCUT2D eigenvalue weighted by molar-refractivity contribution is 0.281. The minimum Gasteiger partial charge on any atom is -0.394 e. The lowest BCUT2D eigenvalue weighted by Crippen LogP contribution is -2.20. The fourth-order valence-electron chi connectivity index (χ4n) is 1.47. The molecule has 0 saturated heterocycles. The van der Waals surface area contributed by atoms with Crippen molar-refractivity contribution < 1.29 is 5.11 Å². The largest absolute Gasteiger partial charge is 0.394 e. The molecule has 0 bridgehead atoms.